The summed E-state index contributed by atoms with van der Waals surface area (Å²) in [7, 11) is 0. The highest BCUT2D eigenvalue weighted by Gasteiger charge is 2.40. The monoisotopic (exact) mass is 470 g/mol. The van der Waals surface area contributed by atoms with Crippen LogP contribution in [0.15, 0.2) is 16.6 Å². The summed E-state index contributed by atoms with van der Waals surface area (Å²) in [4.78, 5) is 15.1. The molecule has 1 aromatic rings. The Hall–Kier alpha value is -1.19. The maximum atomic E-state index is 13.2. The number of ether oxygens (including phenoxy) is 2. The van der Waals surface area contributed by atoms with Gasteiger partial charge in [0.25, 0.3) is 5.91 Å². The first-order chi connectivity index (χ1) is 14.1. The fourth-order valence-electron chi connectivity index (χ4n) is 3.64. The second-order valence-electron chi connectivity index (χ2n) is 7.63. The van der Waals surface area contributed by atoms with Crippen LogP contribution in [0.25, 0.3) is 0 Å². The van der Waals surface area contributed by atoms with Gasteiger partial charge in [0.2, 0.25) is 0 Å². The zero-order valence-electron chi connectivity index (χ0n) is 16.9. The van der Waals surface area contributed by atoms with Crippen LogP contribution in [0.1, 0.15) is 49.8 Å². The Bertz CT molecular complexity index is 692. The fourth-order valence-corrected chi connectivity index (χ4v) is 4.23. The van der Waals surface area contributed by atoms with Crippen LogP contribution in [-0.2, 0) is 16.1 Å². The zero-order chi connectivity index (χ0) is 20.8. The normalized spacial score (nSPS) is 20.3. The van der Waals surface area contributed by atoms with E-state index < -0.39 is 6.10 Å². The fraction of sp³-hybridized carbons (Fsp3) is 0.667. The summed E-state index contributed by atoms with van der Waals surface area (Å²) in [6.07, 6.45) is 2.98. The smallest absolute Gasteiger partial charge is 0.253 e. The van der Waals surface area contributed by atoms with E-state index in [9.17, 15) is 9.90 Å². The molecule has 1 saturated carbocycles. The van der Waals surface area contributed by atoms with Crippen LogP contribution >= 0.6 is 15.9 Å². The molecule has 3 N–H and O–H groups in total. The third kappa shape index (κ3) is 5.70. The van der Waals surface area contributed by atoms with E-state index in [1.807, 2.05) is 24.0 Å². The number of unbranched alkanes of at least 4 members (excludes halogenated alkanes) is 1. The molecule has 162 valence electrons. The van der Waals surface area contributed by atoms with Crippen molar-refractivity contribution in [2.45, 2.75) is 57.4 Å². The van der Waals surface area contributed by atoms with Crippen molar-refractivity contribution in [1.82, 2.24) is 10.2 Å². The van der Waals surface area contributed by atoms with E-state index in [1.165, 1.54) is 0 Å². The van der Waals surface area contributed by atoms with Crippen molar-refractivity contribution in [3.8, 4) is 5.75 Å². The Balaban J connectivity index is 1.80. The number of nitrogens with one attached hydrogen (secondary N) is 1. The first-order valence-electron chi connectivity index (χ1n) is 10.4. The molecule has 1 saturated heterocycles. The molecule has 1 aliphatic carbocycles. The maximum Gasteiger partial charge on any atom is 0.253 e. The van der Waals surface area contributed by atoms with Crippen molar-refractivity contribution in [3.63, 3.8) is 0 Å². The Kier molecular flexibility index (Phi) is 8.32. The van der Waals surface area contributed by atoms with Gasteiger partial charge in [-0.2, -0.15) is 0 Å². The average molecular weight is 471 g/mol. The van der Waals surface area contributed by atoms with E-state index in [1.54, 1.807) is 0 Å². The molecule has 0 radical (unpaired) electrons. The van der Waals surface area contributed by atoms with E-state index >= 15 is 0 Å². The van der Waals surface area contributed by atoms with Gasteiger partial charge in [-0.15, -0.1) is 0 Å². The Labute approximate surface area is 180 Å². The topological polar surface area (TPSA) is 91.3 Å². The minimum Gasteiger partial charge on any atom is -0.493 e. The second kappa shape index (κ2) is 10.7. The molecule has 8 heteroatoms. The van der Waals surface area contributed by atoms with Gasteiger partial charge in [-0.25, -0.2) is 0 Å². The number of amides is 1. The molecule has 2 atom stereocenters. The van der Waals surface area contributed by atoms with Crippen molar-refractivity contribution in [2.24, 2.45) is 0 Å². The van der Waals surface area contributed by atoms with Gasteiger partial charge in [-0.05, 0) is 50.3 Å². The van der Waals surface area contributed by atoms with Crippen molar-refractivity contribution in [1.29, 1.82) is 0 Å². The zero-order valence-corrected chi connectivity index (χ0v) is 18.5. The molecule has 29 heavy (non-hydrogen) atoms. The maximum absolute atomic E-state index is 13.2. The predicted octanol–water partition coefficient (Wildman–Crippen LogP) is 2.13. The number of rotatable bonds is 10. The van der Waals surface area contributed by atoms with Gasteiger partial charge in [0, 0.05) is 35.8 Å². The van der Waals surface area contributed by atoms with Gasteiger partial charge in [0.15, 0.2) is 0 Å². The second-order valence-corrected chi connectivity index (χ2v) is 8.49. The highest BCUT2D eigenvalue weighted by molar-refractivity contribution is 9.10. The number of morpholine rings is 1. The molecule has 7 nitrogen and oxygen atoms in total. The molecule has 0 spiro atoms. The summed E-state index contributed by atoms with van der Waals surface area (Å²) in [6, 6.07) is 3.99. The van der Waals surface area contributed by atoms with Crippen LogP contribution < -0.4 is 10.1 Å². The first-order valence-corrected chi connectivity index (χ1v) is 11.2. The predicted molar refractivity (Wildman–Crippen MR) is 113 cm³/mol. The Morgan fingerprint density at radius 3 is 2.79 bits per heavy atom. The Morgan fingerprint density at radius 1 is 1.38 bits per heavy atom. The quantitative estimate of drug-likeness (QED) is 0.453. The van der Waals surface area contributed by atoms with E-state index in [2.05, 4.69) is 21.2 Å². The van der Waals surface area contributed by atoms with Gasteiger partial charge in [-0.1, -0.05) is 15.9 Å². The number of hydrogen-bond acceptors (Lipinski definition) is 6. The molecule has 0 bridgehead atoms. The molecule has 0 unspecified atom stereocenters. The molecular formula is C21H31BrN2O5. The van der Waals surface area contributed by atoms with Gasteiger partial charge in [0.1, 0.15) is 11.9 Å². The van der Waals surface area contributed by atoms with Crippen LogP contribution in [0.4, 0.5) is 0 Å². The van der Waals surface area contributed by atoms with Gasteiger partial charge >= 0.3 is 0 Å². The number of hydrogen-bond donors (Lipinski definition) is 3. The molecular weight excluding hydrogens is 440 g/mol. The van der Waals surface area contributed by atoms with E-state index in [4.69, 9.17) is 14.6 Å². The number of halogens is 1. The lowest BCUT2D eigenvalue weighted by Gasteiger charge is -2.34. The van der Waals surface area contributed by atoms with Crippen molar-refractivity contribution < 1.29 is 24.5 Å². The minimum absolute atomic E-state index is 0.0278. The van der Waals surface area contributed by atoms with E-state index in [0.29, 0.717) is 37.5 Å². The van der Waals surface area contributed by atoms with Crippen LogP contribution in [0, 0.1) is 0 Å². The summed E-state index contributed by atoms with van der Waals surface area (Å²) in [5.41, 5.74) is 1.64. The lowest BCUT2D eigenvalue weighted by molar-refractivity contribution is -0.148. The molecule has 1 amide bonds. The van der Waals surface area contributed by atoms with Gasteiger partial charge < -0.3 is 29.9 Å². The lowest BCUT2D eigenvalue weighted by atomic mass is 10.0. The molecule has 2 aliphatic rings. The first kappa shape index (κ1) is 22.5. The van der Waals surface area contributed by atoms with Gasteiger partial charge in [0.05, 0.1) is 25.9 Å². The summed E-state index contributed by atoms with van der Waals surface area (Å²) in [6.45, 7) is 4.35. The van der Waals surface area contributed by atoms with Gasteiger partial charge in [-0.3, -0.25) is 4.79 Å². The number of aliphatic hydroxyl groups excluding tert-OH is 2. The lowest BCUT2D eigenvalue weighted by Crippen LogP contribution is -2.50. The molecule has 1 aliphatic heterocycles. The third-order valence-corrected chi connectivity index (χ3v) is 6.15. The summed E-state index contributed by atoms with van der Waals surface area (Å²) < 4.78 is 12.4. The standard InChI is InChI=1S/C21H31BrN2O5/c1-14(24(16-4-5-16)21(27)20-12-23-6-9-29-20)15-10-18(22)17(13-26)19(11-15)28-8-3-2-7-25/h10-11,14,16,20,23,25-26H,2-9,12-13H2,1H3/t14-,20-/m1/s1. The number of benzene rings is 1. The Morgan fingerprint density at radius 2 is 2.17 bits per heavy atom. The van der Waals surface area contributed by atoms with Crippen molar-refractivity contribution in [3.05, 3.63) is 27.7 Å². The SMILES string of the molecule is C[C@H](c1cc(Br)c(CO)c(OCCCCO)c1)N(C(=O)[C@H]1CNCCO1)C1CC1. The van der Waals surface area contributed by atoms with Crippen molar-refractivity contribution >= 4 is 21.8 Å². The van der Waals surface area contributed by atoms with E-state index in [-0.39, 0.29) is 31.2 Å². The largest absolute Gasteiger partial charge is 0.493 e. The summed E-state index contributed by atoms with van der Waals surface area (Å²) in [5, 5.41) is 21.9. The number of aliphatic hydroxyl groups is 2. The minimum atomic E-state index is -0.443. The van der Waals surface area contributed by atoms with Crippen LogP contribution in [0.5, 0.6) is 5.75 Å². The number of carbonyl (C=O) groups is 1. The molecule has 1 aromatic carbocycles. The molecule has 0 aromatic heterocycles. The van der Waals surface area contributed by atoms with Crippen LogP contribution in [0.3, 0.4) is 0 Å². The molecule has 1 heterocycles. The summed E-state index contributed by atoms with van der Waals surface area (Å²) >= 11 is 3.55. The molecule has 3 rings (SSSR count). The summed E-state index contributed by atoms with van der Waals surface area (Å²) in [5.74, 6) is 0.639. The van der Waals surface area contributed by atoms with Crippen LogP contribution in [0.2, 0.25) is 0 Å². The van der Waals surface area contributed by atoms with E-state index in [0.717, 1.165) is 35.8 Å². The molecule has 2 fully saturated rings. The average Bonchev–Trinajstić information content (AvgIpc) is 3.56. The number of carbonyl (C=O) groups excluding carboxylic acids is 1. The number of nitrogens with zero attached hydrogens (tertiary/aromatic N) is 1. The van der Waals surface area contributed by atoms with Crippen molar-refractivity contribution in [2.75, 3.05) is 32.9 Å². The highest BCUT2D eigenvalue weighted by Crippen LogP contribution is 2.38. The van der Waals surface area contributed by atoms with Crippen LogP contribution in [-0.4, -0.2) is 66.1 Å². The third-order valence-electron chi connectivity index (χ3n) is 5.44. The highest BCUT2D eigenvalue weighted by atomic mass is 79.9.